The number of carbonyl (C=O) groups excluding carboxylic acids is 1. The molecule has 0 atom stereocenters. The minimum Gasteiger partial charge on any atom is -0.323 e. The molecule has 0 radical (unpaired) electrons. The van der Waals surface area contributed by atoms with Crippen LogP contribution in [0.4, 0.5) is 14.5 Å². The quantitative estimate of drug-likeness (QED) is 0.603. The van der Waals surface area contributed by atoms with Crippen LogP contribution in [0.2, 0.25) is 0 Å². The zero-order chi connectivity index (χ0) is 22.0. The monoisotopic (exact) mass is 434 g/mol. The molecular weight excluding hydrogens is 414 g/mol. The van der Waals surface area contributed by atoms with Crippen molar-refractivity contribution >= 4 is 34.4 Å². The van der Waals surface area contributed by atoms with Gasteiger partial charge in [-0.05, 0) is 24.1 Å². The van der Waals surface area contributed by atoms with Crippen LogP contribution in [-0.2, 0) is 25.3 Å². The Kier molecular flexibility index (Phi) is 6.35. The van der Waals surface area contributed by atoms with Crippen molar-refractivity contribution in [3.05, 3.63) is 62.4 Å². The van der Waals surface area contributed by atoms with E-state index in [9.17, 15) is 23.2 Å². The highest BCUT2D eigenvalue weighted by Gasteiger charge is 2.18. The summed E-state index contributed by atoms with van der Waals surface area (Å²) in [6, 6.07) is 2.87. The van der Waals surface area contributed by atoms with Crippen molar-refractivity contribution in [2.24, 2.45) is 14.1 Å². The van der Waals surface area contributed by atoms with Gasteiger partial charge in [0.05, 0.1) is 16.8 Å². The largest absolute Gasteiger partial charge is 0.332 e. The zero-order valence-corrected chi connectivity index (χ0v) is 17.5. The van der Waals surface area contributed by atoms with Gasteiger partial charge in [-0.3, -0.25) is 18.7 Å². The van der Waals surface area contributed by atoms with Crippen LogP contribution >= 0.6 is 11.8 Å². The summed E-state index contributed by atoms with van der Waals surface area (Å²) in [6.45, 7) is 1.97. The fourth-order valence-corrected chi connectivity index (χ4v) is 4.08. The van der Waals surface area contributed by atoms with Crippen LogP contribution in [0, 0.1) is 11.6 Å². The van der Waals surface area contributed by atoms with E-state index in [2.05, 4.69) is 10.3 Å². The van der Waals surface area contributed by atoms with Gasteiger partial charge in [0, 0.05) is 31.3 Å². The second-order valence-electron chi connectivity index (χ2n) is 6.73. The molecule has 0 aliphatic rings. The third-order valence-electron chi connectivity index (χ3n) is 4.57. The molecule has 0 bridgehead atoms. The first-order valence-corrected chi connectivity index (χ1v) is 10.2. The number of nitrogens with one attached hydrogen (secondary N) is 1. The predicted octanol–water partition coefficient (Wildman–Crippen LogP) is 2.59. The molecule has 0 spiro atoms. The van der Waals surface area contributed by atoms with E-state index in [4.69, 9.17) is 0 Å². The molecule has 2 heterocycles. The fraction of sp³-hybridized carbons (Fsp3) is 0.300. The minimum atomic E-state index is -0.877. The number of halogens is 2. The summed E-state index contributed by atoms with van der Waals surface area (Å²) in [5, 5.41) is 2.66. The summed E-state index contributed by atoms with van der Waals surface area (Å²) >= 11 is 1.11. The highest BCUT2D eigenvalue weighted by atomic mass is 32.2. The lowest BCUT2D eigenvalue weighted by molar-refractivity contribution is -0.113. The van der Waals surface area contributed by atoms with Crippen LogP contribution in [0.3, 0.4) is 0 Å². The molecule has 0 fully saturated rings. The Morgan fingerprint density at radius 2 is 1.93 bits per heavy atom. The summed E-state index contributed by atoms with van der Waals surface area (Å²) < 4.78 is 29.1. The Balaban J connectivity index is 1.97. The number of benzene rings is 1. The molecule has 1 N–H and O–H groups in total. The molecule has 3 rings (SSSR count). The highest BCUT2D eigenvalue weighted by Crippen LogP contribution is 2.29. The van der Waals surface area contributed by atoms with E-state index < -0.39 is 28.8 Å². The lowest BCUT2D eigenvalue weighted by Gasteiger charge is -2.14. The van der Waals surface area contributed by atoms with Crippen molar-refractivity contribution in [3.8, 4) is 0 Å². The molecule has 30 heavy (non-hydrogen) atoms. The first kappa shape index (κ1) is 21.7. The van der Waals surface area contributed by atoms with Gasteiger partial charge in [-0.15, -0.1) is 11.8 Å². The molecule has 2 aromatic heterocycles. The third kappa shape index (κ3) is 4.13. The summed E-state index contributed by atoms with van der Waals surface area (Å²) in [5.41, 5.74) is -0.106. The number of rotatable bonds is 6. The van der Waals surface area contributed by atoms with Crippen molar-refractivity contribution < 1.29 is 13.6 Å². The molecule has 10 heteroatoms. The lowest BCUT2D eigenvalue weighted by Crippen LogP contribution is -2.37. The molecule has 0 saturated carbocycles. The van der Waals surface area contributed by atoms with Gasteiger partial charge in [0.25, 0.3) is 5.56 Å². The molecular formula is C20H20F2N4O3S. The molecule has 1 amide bonds. The SMILES string of the molecule is CCCc1cnc2c(c1SCC(=O)Nc1ccc(F)cc1F)c(=O)n(C)c(=O)n2C. The number of aryl methyl sites for hydroxylation is 2. The second kappa shape index (κ2) is 8.78. The Hall–Kier alpha value is -3.01. The van der Waals surface area contributed by atoms with E-state index in [1.54, 1.807) is 6.20 Å². The van der Waals surface area contributed by atoms with Crippen LogP contribution in [-0.4, -0.2) is 25.8 Å². The van der Waals surface area contributed by atoms with E-state index in [-0.39, 0.29) is 22.5 Å². The van der Waals surface area contributed by atoms with Crippen LogP contribution in [0.15, 0.2) is 38.9 Å². The van der Waals surface area contributed by atoms with Crippen molar-refractivity contribution in [2.75, 3.05) is 11.1 Å². The van der Waals surface area contributed by atoms with Crippen LogP contribution in [0.25, 0.3) is 11.0 Å². The van der Waals surface area contributed by atoms with E-state index in [1.165, 1.54) is 18.7 Å². The number of pyridine rings is 1. The normalized spacial score (nSPS) is 11.1. The van der Waals surface area contributed by atoms with Gasteiger partial charge < -0.3 is 5.32 Å². The van der Waals surface area contributed by atoms with E-state index in [0.717, 1.165) is 40.4 Å². The summed E-state index contributed by atoms with van der Waals surface area (Å²) in [6.07, 6.45) is 3.02. The molecule has 1 aromatic carbocycles. The van der Waals surface area contributed by atoms with Gasteiger partial charge in [-0.1, -0.05) is 13.3 Å². The number of hydrogen-bond acceptors (Lipinski definition) is 5. The number of fused-ring (bicyclic) bond motifs is 1. The number of carbonyl (C=O) groups is 1. The van der Waals surface area contributed by atoms with E-state index in [0.29, 0.717) is 17.4 Å². The molecule has 3 aromatic rings. The average Bonchev–Trinajstić information content (AvgIpc) is 2.71. The van der Waals surface area contributed by atoms with Crippen molar-refractivity contribution in [1.29, 1.82) is 0 Å². The topological polar surface area (TPSA) is 86.0 Å². The average molecular weight is 434 g/mol. The Bertz CT molecular complexity index is 1250. The summed E-state index contributed by atoms with van der Waals surface area (Å²) in [7, 11) is 2.91. The lowest BCUT2D eigenvalue weighted by atomic mass is 10.1. The number of amides is 1. The first-order valence-electron chi connectivity index (χ1n) is 9.19. The maximum absolute atomic E-state index is 13.8. The van der Waals surface area contributed by atoms with E-state index >= 15 is 0 Å². The summed E-state index contributed by atoms with van der Waals surface area (Å²) in [5.74, 6) is -2.25. The van der Waals surface area contributed by atoms with Crippen molar-refractivity contribution in [1.82, 2.24) is 14.1 Å². The number of thioether (sulfide) groups is 1. The molecule has 0 unspecified atom stereocenters. The molecule has 158 valence electrons. The minimum absolute atomic E-state index is 0.112. The number of anilines is 1. The Labute approximate surface area is 174 Å². The third-order valence-corrected chi connectivity index (χ3v) is 5.73. The molecule has 7 nitrogen and oxygen atoms in total. The Morgan fingerprint density at radius 3 is 2.60 bits per heavy atom. The molecule has 0 aliphatic carbocycles. The maximum atomic E-state index is 13.8. The van der Waals surface area contributed by atoms with Crippen molar-refractivity contribution in [3.63, 3.8) is 0 Å². The fourth-order valence-electron chi connectivity index (χ4n) is 3.07. The first-order chi connectivity index (χ1) is 14.2. The second-order valence-corrected chi connectivity index (χ2v) is 7.71. The van der Waals surface area contributed by atoms with Gasteiger partial charge in [-0.2, -0.15) is 0 Å². The molecule has 0 saturated heterocycles. The van der Waals surface area contributed by atoms with Gasteiger partial charge in [-0.25, -0.2) is 18.6 Å². The van der Waals surface area contributed by atoms with Crippen LogP contribution in [0.5, 0.6) is 0 Å². The van der Waals surface area contributed by atoms with Crippen LogP contribution in [0.1, 0.15) is 18.9 Å². The highest BCUT2D eigenvalue weighted by molar-refractivity contribution is 8.00. The maximum Gasteiger partial charge on any atom is 0.332 e. The number of aromatic nitrogens is 3. The number of nitrogens with zero attached hydrogens (tertiary/aromatic N) is 3. The standard InChI is InChI=1S/C20H20F2N4O3S/c1-4-5-11-9-23-18-16(19(28)26(3)20(29)25(18)2)17(11)30-10-15(27)24-14-7-6-12(21)8-13(14)22/h6-9H,4-5,10H2,1-3H3,(H,24,27). The summed E-state index contributed by atoms with van der Waals surface area (Å²) in [4.78, 5) is 42.2. The van der Waals surface area contributed by atoms with Gasteiger partial charge in [0.1, 0.15) is 17.3 Å². The smallest absolute Gasteiger partial charge is 0.323 e. The van der Waals surface area contributed by atoms with Crippen molar-refractivity contribution in [2.45, 2.75) is 24.7 Å². The van der Waals surface area contributed by atoms with Gasteiger partial charge >= 0.3 is 5.69 Å². The van der Waals surface area contributed by atoms with Gasteiger partial charge in [0.2, 0.25) is 5.91 Å². The van der Waals surface area contributed by atoms with Crippen LogP contribution < -0.4 is 16.6 Å². The number of hydrogen-bond donors (Lipinski definition) is 1. The predicted molar refractivity (Wildman–Crippen MR) is 112 cm³/mol. The van der Waals surface area contributed by atoms with Gasteiger partial charge in [0.15, 0.2) is 0 Å². The van der Waals surface area contributed by atoms with E-state index in [1.807, 2.05) is 6.92 Å². The molecule has 0 aliphatic heterocycles. The zero-order valence-electron chi connectivity index (χ0n) is 16.7. The Morgan fingerprint density at radius 1 is 1.20 bits per heavy atom.